The fourth-order valence-electron chi connectivity index (χ4n) is 4.62. The average Bonchev–Trinajstić information content (AvgIpc) is 2.76. The van der Waals surface area contributed by atoms with E-state index in [0.717, 1.165) is 31.4 Å². The van der Waals surface area contributed by atoms with E-state index in [-0.39, 0.29) is 17.4 Å². The molecule has 1 saturated carbocycles. The summed E-state index contributed by atoms with van der Waals surface area (Å²) in [5, 5.41) is 6.50. The fraction of sp³-hybridized carbons (Fsp3) is 0.652. The number of nitrogens with zero attached hydrogens (tertiary/aromatic N) is 1. The second-order valence-electron chi connectivity index (χ2n) is 9.12. The first-order chi connectivity index (χ1) is 15.1. The zero-order chi connectivity index (χ0) is 23.3. The molecule has 0 spiro atoms. The topological polar surface area (TPSA) is 61.4 Å². The van der Waals surface area contributed by atoms with Crippen LogP contribution in [0.4, 0.5) is 13.2 Å². The second-order valence-corrected chi connectivity index (χ2v) is 9.79. The summed E-state index contributed by atoms with van der Waals surface area (Å²) in [4.78, 5) is 26.8. The van der Waals surface area contributed by atoms with Crippen LogP contribution in [0.5, 0.6) is 0 Å². The molecule has 3 atom stereocenters. The number of hydrogen-bond donors (Lipinski definition) is 2. The summed E-state index contributed by atoms with van der Waals surface area (Å²) in [6.07, 6.45) is 1.86. The van der Waals surface area contributed by atoms with Crippen LogP contribution in [0.25, 0.3) is 0 Å². The lowest BCUT2D eigenvalue weighted by molar-refractivity contribution is -0.137. The number of rotatable bonds is 6. The molecule has 178 valence electrons. The molecule has 32 heavy (non-hydrogen) atoms. The van der Waals surface area contributed by atoms with Crippen molar-refractivity contribution in [1.82, 2.24) is 15.5 Å². The van der Waals surface area contributed by atoms with Gasteiger partial charge in [0.15, 0.2) is 0 Å². The number of piperidine rings is 1. The Morgan fingerprint density at radius 3 is 2.44 bits per heavy atom. The van der Waals surface area contributed by atoms with E-state index in [2.05, 4.69) is 26.8 Å². The first-order valence-corrected chi connectivity index (χ1v) is 12.0. The molecule has 1 aromatic carbocycles. The Labute approximate surface area is 190 Å². The summed E-state index contributed by atoms with van der Waals surface area (Å²) in [6, 6.07) is 3.72. The molecule has 5 nitrogen and oxygen atoms in total. The zero-order valence-corrected chi connectivity index (χ0v) is 19.7. The summed E-state index contributed by atoms with van der Waals surface area (Å²) in [7, 11) is 2.21. The van der Waals surface area contributed by atoms with Gasteiger partial charge in [0.05, 0.1) is 12.1 Å². The van der Waals surface area contributed by atoms with Gasteiger partial charge < -0.3 is 15.5 Å². The van der Waals surface area contributed by atoms with E-state index in [1.165, 1.54) is 25.3 Å². The van der Waals surface area contributed by atoms with Crippen LogP contribution in [-0.2, 0) is 11.0 Å². The number of carbonyl (C=O) groups is 2. The van der Waals surface area contributed by atoms with Gasteiger partial charge in [-0.3, -0.25) is 9.59 Å². The van der Waals surface area contributed by atoms with E-state index in [9.17, 15) is 22.8 Å². The molecule has 1 aliphatic heterocycles. The van der Waals surface area contributed by atoms with Crippen molar-refractivity contribution in [3.63, 3.8) is 0 Å². The Balaban J connectivity index is 1.42. The van der Waals surface area contributed by atoms with Gasteiger partial charge in [0.25, 0.3) is 5.91 Å². The third kappa shape index (κ3) is 6.92. The Bertz CT molecular complexity index is 810. The Morgan fingerprint density at radius 2 is 1.78 bits per heavy atom. The minimum absolute atomic E-state index is 0.000421. The lowest BCUT2D eigenvalue weighted by Gasteiger charge is -2.34. The van der Waals surface area contributed by atoms with Crippen molar-refractivity contribution in [2.24, 2.45) is 11.8 Å². The average molecular weight is 472 g/mol. The molecule has 1 aliphatic carbocycles. The number of halogens is 3. The maximum atomic E-state index is 13.0. The lowest BCUT2D eigenvalue weighted by atomic mass is 9.86. The largest absolute Gasteiger partial charge is 0.416 e. The normalized spacial score (nSPS) is 22.6. The van der Waals surface area contributed by atoms with Crippen LogP contribution in [0.1, 0.15) is 61.4 Å². The van der Waals surface area contributed by atoms with Crippen molar-refractivity contribution in [3.8, 4) is 0 Å². The number of carbonyl (C=O) groups excluding carboxylic acids is 2. The van der Waals surface area contributed by atoms with E-state index in [1.807, 2.05) is 4.90 Å². The molecular weight excluding hydrogens is 438 g/mol. The van der Waals surface area contributed by atoms with Crippen molar-refractivity contribution >= 4 is 26.4 Å². The minimum atomic E-state index is -4.50. The molecule has 0 aromatic heterocycles. The maximum absolute atomic E-state index is 13.0. The minimum Gasteiger partial charge on any atom is -0.352 e. The maximum Gasteiger partial charge on any atom is 0.416 e. The quantitative estimate of drug-likeness (QED) is 0.626. The molecule has 0 radical (unpaired) electrons. The Kier molecular flexibility index (Phi) is 8.56. The molecule has 2 aliphatic rings. The first kappa shape index (κ1) is 25.0. The number of nitrogens with one attached hydrogen (secondary N) is 2. The predicted octanol–water partition coefficient (Wildman–Crippen LogP) is 3.34. The van der Waals surface area contributed by atoms with Gasteiger partial charge >= 0.3 is 6.18 Å². The highest BCUT2D eigenvalue weighted by atomic mass is 31.0. The number of hydrogen-bond acceptors (Lipinski definition) is 3. The SMILES string of the molecule is CC1CCCCC1NCC(=O)N1CCC(CNC(=O)c2cc(P)cc(C(F)(F)F)c2)CC1. The van der Waals surface area contributed by atoms with E-state index in [4.69, 9.17) is 0 Å². The van der Waals surface area contributed by atoms with Crippen LogP contribution in [0.2, 0.25) is 0 Å². The molecule has 1 heterocycles. The number of benzene rings is 1. The predicted molar refractivity (Wildman–Crippen MR) is 122 cm³/mol. The molecular formula is C23H33F3N3O2P. The van der Waals surface area contributed by atoms with Gasteiger partial charge in [-0.15, -0.1) is 9.24 Å². The van der Waals surface area contributed by atoms with Crippen LogP contribution in [-0.4, -0.2) is 48.9 Å². The summed E-state index contributed by atoms with van der Waals surface area (Å²) in [6.45, 7) is 4.27. The van der Waals surface area contributed by atoms with E-state index >= 15 is 0 Å². The summed E-state index contributed by atoms with van der Waals surface area (Å²) in [5.74, 6) is 0.409. The van der Waals surface area contributed by atoms with Crippen molar-refractivity contribution in [1.29, 1.82) is 0 Å². The van der Waals surface area contributed by atoms with Crippen LogP contribution < -0.4 is 15.9 Å². The summed E-state index contributed by atoms with van der Waals surface area (Å²) in [5.41, 5.74) is -0.835. The summed E-state index contributed by atoms with van der Waals surface area (Å²) >= 11 is 0. The third-order valence-corrected chi connectivity index (χ3v) is 7.02. The second kappa shape index (κ2) is 11.0. The Hall–Kier alpha value is -1.66. The standard InChI is InChI=1S/C23H33F3N3O2P/c1-15-4-2-3-5-20(15)27-14-21(30)29-8-6-16(7-9-29)13-28-22(31)17-10-18(23(24,25)26)12-19(32)11-17/h10-12,15-16,20,27H,2-9,13-14,32H2,1H3,(H,28,31). The van der Waals surface area contributed by atoms with Gasteiger partial charge in [-0.05, 0) is 61.0 Å². The van der Waals surface area contributed by atoms with Gasteiger partial charge in [0.2, 0.25) is 5.91 Å². The van der Waals surface area contributed by atoms with Crippen LogP contribution in [0, 0.1) is 11.8 Å². The number of likely N-dealkylation sites (tertiary alicyclic amines) is 1. The van der Waals surface area contributed by atoms with E-state index in [1.54, 1.807) is 0 Å². The first-order valence-electron chi connectivity index (χ1n) is 11.4. The molecule has 1 saturated heterocycles. The van der Waals surface area contributed by atoms with Gasteiger partial charge in [-0.25, -0.2) is 0 Å². The molecule has 2 fully saturated rings. The smallest absolute Gasteiger partial charge is 0.352 e. The molecule has 2 N–H and O–H groups in total. The third-order valence-electron chi connectivity index (χ3n) is 6.69. The zero-order valence-electron chi connectivity index (χ0n) is 18.5. The van der Waals surface area contributed by atoms with Crippen LogP contribution in [0.15, 0.2) is 18.2 Å². The van der Waals surface area contributed by atoms with Crippen molar-refractivity contribution < 1.29 is 22.8 Å². The van der Waals surface area contributed by atoms with Crippen molar-refractivity contribution in [3.05, 3.63) is 29.3 Å². The van der Waals surface area contributed by atoms with E-state index in [0.29, 0.717) is 43.4 Å². The van der Waals surface area contributed by atoms with Crippen LogP contribution >= 0.6 is 9.24 Å². The molecule has 0 bridgehead atoms. The van der Waals surface area contributed by atoms with Crippen molar-refractivity contribution in [2.45, 2.75) is 57.7 Å². The molecule has 3 unspecified atom stereocenters. The van der Waals surface area contributed by atoms with Gasteiger partial charge in [-0.1, -0.05) is 19.8 Å². The highest BCUT2D eigenvalue weighted by Gasteiger charge is 2.32. The van der Waals surface area contributed by atoms with Gasteiger partial charge in [0, 0.05) is 31.2 Å². The summed E-state index contributed by atoms with van der Waals surface area (Å²) < 4.78 is 39.0. The Morgan fingerprint density at radius 1 is 1.09 bits per heavy atom. The molecule has 2 amide bonds. The number of amides is 2. The fourth-order valence-corrected chi connectivity index (χ4v) is 4.98. The van der Waals surface area contributed by atoms with Gasteiger partial charge in [0.1, 0.15) is 0 Å². The number of alkyl halides is 3. The highest BCUT2D eigenvalue weighted by Crippen LogP contribution is 2.29. The highest BCUT2D eigenvalue weighted by molar-refractivity contribution is 7.27. The van der Waals surface area contributed by atoms with Crippen molar-refractivity contribution in [2.75, 3.05) is 26.2 Å². The molecule has 9 heteroatoms. The lowest BCUT2D eigenvalue weighted by Crippen LogP contribution is -2.47. The molecule has 1 aromatic rings. The van der Waals surface area contributed by atoms with Gasteiger partial charge in [-0.2, -0.15) is 13.2 Å². The molecule has 3 rings (SSSR count). The monoisotopic (exact) mass is 471 g/mol. The van der Waals surface area contributed by atoms with Crippen LogP contribution in [0.3, 0.4) is 0 Å². The van der Waals surface area contributed by atoms with E-state index < -0.39 is 17.6 Å².